The molecule has 13 heavy (non-hydrogen) atoms. The zero-order valence-electron chi connectivity index (χ0n) is 8.33. The molecule has 0 aromatic carbocycles. The van der Waals surface area contributed by atoms with E-state index >= 15 is 0 Å². The van der Waals surface area contributed by atoms with Crippen molar-refractivity contribution in [3.63, 3.8) is 0 Å². The fourth-order valence-electron chi connectivity index (χ4n) is 1.51. The average Bonchev–Trinajstić information content (AvgIpc) is 2.51. The SMILES string of the molecule is Cc1nn2c(C)c(C(C)C)nc2s1. The summed E-state index contributed by atoms with van der Waals surface area (Å²) >= 11 is 1.65. The van der Waals surface area contributed by atoms with Crippen LogP contribution in [0.1, 0.15) is 36.2 Å². The maximum atomic E-state index is 4.55. The number of aryl methyl sites for hydroxylation is 2. The molecule has 0 fully saturated rings. The van der Waals surface area contributed by atoms with Gasteiger partial charge in [-0.15, -0.1) is 0 Å². The highest BCUT2D eigenvalue weighted by Gasteiger charge is 2.13. The van der Waals surface area contributed by atoms with Gasteiger partial charge in [0.1, 0.15) is 5.01 Å². The van der Waals surface area contributed by atoms with E-state index in [1.54, 1.807) is 11.3 Å². The topological polar surface area (TPSA) is 30.2 Å². The van der Waals surface area contributed by atoms with E-state index in [4.69, 9.17) is 0 Å². The van der Waals surface area contributed by atoms with Gasteiger partial charge in [0.05, 0.1) is 11.4 Å². The van der Waals surface area contributed by atoms with Gasteiger partial charge in [-0.2, -0.15) is 5.10 Å². The third-order valence-corrected chi connectivity index (χ3v) is 2.94. The number of hydrogen-bond acceptors (Lipinski definition) is 3. The Bertz CT molecular complexity index is 439. The molecule has 2 heterocycles. The molecule has 0 amide bonds. The van der Waals surface area contributed by atoms with Gasteiger partial charge in [-0.05, 0) is 19.8 Å². The highest BCUT2D eigenvalue weighted by molar-refractivity contribution is 7.16. The molecule has 0 saturated carbocycles. The molecule has 0 N–H and O–H groups in total. The van der Waals surface area contributed by atoms with Crippen molar-refractivity contribution < 1.29 is 0 Å². The summed E-state index contributed by atoms with van der Waals surface area (Å²) < 4.78 is 1.94. The van der Waals surface area contributed by atoms with Crippen LogP contribution in [-0.2, 0) is 0 Å². The minimum absolute atomic E-state index is 0.481. The van der Waals surface area contributed by atoms with E-state index in [1.807, 2.05) is 11.4 Å². The Morgan fingerprint density at radius 1 is 1.31 bits per heavy atom. The molecule has 4 heteroatoms. The molecule has 0 atom stereocenters. The van der Waals surface area contributed by atoms with E-state index < -0.39 is 0 Å². The lowest BCUT2D eigenvalue weighted by molar-refractivity contribution is 0.808. The largest absolute Gasteiger partial charge is 0.222 e. The van der Waals surface area contributed by atoms with Crippen LogP contribution in [0.4, 0.5) is 0 Å². The Kier molecular flexibility index (Phi) is 1.87. The quantitative estimate of drug-likeness (QED) is 0.700. The lowest BCUT2D eigenvalue weighted by Gasteiger charge is -1.99. The summed E-state index contributed by atoms with van der Waals surface area (Å²) in [5, 5.41) is 5.46. The van der Waals surface area contributed by atoms with E-state index in [0.717, 1.165) is 9.97 Å². The molecular formula is C9H13N3S. The van der Waals surface area contributed by atoms with E-state index in [9.17, 15) is 0 Å². The van der Waals surface area contributed by atoms with Crippen LogP contribution in [0, 0.1) is 13.8 Å². The molecule has 3 nitrogen and oxygen atoms in total. The number of nitrogens with zero attached hydrogens (tertiary/aromatic N) is 3. The fourth-order valence-corrected chi connectivity index (χ4v) is 2.30. The first kappa shape index (κ1) is 8.69. The predicted octanol–water partition coefficient (Wildman–Crippen LogP) is 2.53. The number of imidazole rings is 1. The Labute approximate surface area is 81.4 Å². The normalized spacial score (nSPS) is 11.8. The molecule has 0 unspecified atom stereocenters. The maximum absolute atomic E-state index is 4.55. The summed E-state index contributed by atoms with van der Waals surface area (Å²) in [6.07, 6.45) is 0. The highest BCUT2D eigenvalue weighted by Crippen LogP contribution is 2.22. The van der Waals surface area contributed by atoms with Crippen molar-refractivity contribution in [1.29, 1.82) is 0 Å². The number of hydrogen-bond donors (Lipinski definition) is 0. The predicted molar refractivity (Wildman–Crippen MR) is 54.4 cm³/mol. The smallest absolute Gasteiger partial charge is 0.212 e. The maximum Gasteiger partial charge on any atom is 0.212 e. The van der Waals surface area contributed by atoms with Crippen LogP contribution < -0.4 is 0 Å². The lowest BCUT2D eigenvalue weighted by Crippen LogP contribution is -1.93. The fraction of sp³-hybridized carbons (Fsp3) is 0.556. The standard InChI is InChI=1S/C9H13N3S/c1-5(2)8-6(3)12-9(10-8)13-7(4)11-12/h5H,1-4H3. The second kappa shape index (κ2) is 2.80. The van der Waals surface area contributed by atoms with Crippen LogP contribution in [0.5, 0.6) is 0 Å². The molecule has 0 radical (unpaired) electrons. The first-order chi connectivity index (χ1) is 6.09. The van der Waals surface area contributed by atoms with Gasteiger partial charge in [-0.25, -0.2) is 9.50 Å². The minimum atomic E-state index is 0.481. The van der Waals surface area contributed by atoms with Gasteiger partial charge in [0, 0.05) is 0 Å². The van der Waals surface area contributed by atoms with E-state index in [1.165, 1.54) is 11.4 Å². The lowest BCUT2D eigenvalue weighted by atomic mass is 10.1. The molecule has 0 bridgehead atoms. The molecule has 0 aliphatic rings. The highest BCUT2D eigenvalue weighted by atomic mass is 32.1. The summed E-state index contributed by atoms with van der Waals surface area (Å²) in [7, 11) is 0. The molecule has 2 aromatic heterocycles. The van der Waals surface area contributed by atoms with E-state index in [-0.39, 0.29) is 0 Å². The molecule has 0 saturated heterocycles. The summed E-state index contributed by atoms with van der Waals surface area (Å²) in [5.74, 6) is 0.481. The third-order valence-electron chi connectivity index (χ3n) is 2.11. The van der Waals surface area contributed by atoms with Crippen LogP contribution in [0.2, 0.25) is 0 Å². The van der Waals surface area contributed by atoms with Crippen LogP contribution in [-0.4, -0.2) is 14.6 Å². The van der Waals surface area contributed by atoms with Gasteiger partial charge in [-0.1, -0.05) is 25.2 Å². The minimum Gasteiger partial charge on any atom is -0.222 e. The van der Waals surface area contributed by atoms with Crippen molar-refractivity contribution in [2.24, 2.45) is 0 Å². The average molecular weight is 195 g/mol. The number of rotatable bonds is 1. The molecule has 2 rings (SSSR count). The van der Waals surface area contributed by atoms with Crippen molar-refractivity contribution in [3.05, 3.63) is 16.4 Å². The van der Waals surface area contributed by atoms with Gasteiger partial charge in [0.15, 0.2) is 0 Å². The van der Waals surface area contributed by atoms with Crippen molar-refractivity contribution in [2.75, 3.05) is 0 Å². The van der Waals surface area contributed by atoms with Crippen LogP contribution >= 0.6 is 11.3 Å². The Morgan fingerprint density at radius 2 is 2.00 bits per heavy atom. The van der Waals surface area contributed by atoms with Gasteiger partial charge in [-0.3, -0.25) is 0 Å². The molecule has 2 aromatic rings. The first-order valence-electron chi connectivity index (χ1n) is 4.42. The van der Waals surface area contributed by atoms with Crippen LogP contribution in [0.3, 0.4) is 0 Å². The molecular weight excluding hydrogens is 182 g/mol. The molecule has 0 aliphatic carbocycles. The van der Waals surface area contributed by atoms with E-state index in [0.29, 0.717) is 5.92 Å². The molecule has 0 aliphatic heterocycles. The third kappa shape index (κ3) is 1.25. The summed E-state index contributed by atoms with van der Waals surface area (Å²) in [5.41, 5.74) is 2.34. The monoisotopic (exact) mass is 195 g/mol. The van der Waals surface area contributed by atoms with Crippen molar-refractivity contribution in [2.45, 2.75) is 33.6 Å². The number of aromatic nitrogens is 3. The van der Waals surface area contributed by atoms with Crippen molar-refractivity contribution in [1.82, 2.24) is 14.6 Å². The molecule has 70 valence electrons. The van der Waals surface area contributed by atoms with Crippen molar-refractivity contribution in [3.8, 4) is 0 Å². The van der Waals surface area contributed by atoms with E-state index in [2.05, 4.69) is 30.9 Å². The summed E-state index contributed by atoms with van der Waals surface area (Å²) in [6, 6.07) is 0. The Hall–Kier alpha value is -0.900. The molecule has 0 spiro atoms. The van der Waals surface area contributed by atoms with Gasteiger partial charge in [0.25, 0.3) is 0 Å². The zero-order chi connectivity index (χ0) is 9.59. The van der Waals surface area contributed by atoms with Crippen LogP contribution in [0.15, 0.2) is 0 Å². The second-order valence-corrected chi connectivity index (χ2v) is 4.71. The van der Waals surface area contributed by atoms with Crippen molar-refractivity contribution >= 4 is 16.3 Å². The Balaban J connectivity index is 2.69. The summed E-state index contributed by atoms with van der Waals surface area (Å²) in [4.78, 5) is 5.56. The van der Waals surface area contributed by atoms with Crippen LogP contribution in [0.25, 0.3) is 4.96 Å². The van der Waals surface area contributed by atoms with Gasteiger partial charge >= 0.3 is 0 Å². The summed E-state index contributed by atoms with van der Waals surface area (Å²) in [6.45, 7) is 8.40. The Morgan fingerprint density at radius 3 is 2.54 bits per heavy atom. The number of fused-ring (bicyclic) bond motifs is 1. The zero-order valence-corrected chi connectivity index (χ0v) is 9.14. The second-order valence-electron chi connectivity index (χ2n) is 3.55. The first-order valence-corrected chi connectivity index (χ1v) is 5.24. The van der Waals surface area contributed by atoms with Gasteiger partial charge < -0.3 is 0 Å². The van der Waals surface area contributed by atoms with Gasteiger partial charge in [0.2, 0.25) is 4.96 Å².